The molecule has 0 bridgehead atoms. The lowest BCUT2D eigenvalue weighted by atomic mass is 9.93. The van der Waals surface area contributed by atoms with E-state index in [2.05, 4.69) is 46.0 Å². The molecule has 4 rings (SSSR count). The van der Waals surface area contributed by atoms with Crippen LogP contribution in [0.5, 0.6) is 0 Å². The van der Waals surface area contributed by atoms with E-state index >= 15 is 0 Å². The highest BCUT2D eigenvalue weighted by atomic mass is 15.3. The molecule has 0 saturated carbocycles. The molecule has 24 heavy (non-hydrogen) atoms. The van der Waals surface area contributed by atoms with Crippen LogP contribution >= 0.6 is 0 Å². The van der Waals surface area contributed by atoms with Crippen LogP contribution in [0.1, 0.15) is 41.3 Å². The molecule has 3 aromatic rings. The van der Waals surface area contributed by atoms with Gasteiger partial charge in [-0.05, 0) is 24.8 Å². The van der Waals surface area contributed by atoms with Crippen LogP contribution in [0.4, 0.5) is 0 Å². The molecule has 1 N–H and O–H groups in total. The standard InChI is InChI=1S/C19H23N5/c1-23-19-9-5-8-18(17(19)12-21-23)20-10-16-11-22-24(14-16)13-15-6-3-2-4-7-15/h2-4,6-7,11-12,14,18,20H,5,8-10,13H2,1H3/t18-/m0/s1. The van der Waals surface area contributed by atoms with Crippen LogP contribution in [0.15, 0.2) is 48.9 Å². The summed E-state index contributed by atoms with van der Waals surface area (Å²) in [6.45, 7) is 1.66. The molecule has 2 heterocycles. The first kappa shape index (κ1) is 15.1. The fourth-order valence-electron chi connectivity index (χ4n) is 3.51. The normalized spacial score (nSPS) is 17.0. The number of hydrogen-bond acceptors (Lipinski definition) is 3. The monoisotopic (exact) mass is 321 g/mol. The molecular formula is C19H23N5. The quantitative estimate of drug-likeness (QED) is 0.786. The zero-order valence-corrected chi connectivity index (χ0v) is 14.0. The van der Waals surface area contributed by atoms with E-state index in [1.165, 1.54) is 35.2 Å². The van der Waals surface area contributed by atoms with Crippen molar-refractivity contribution in [2.75, 3.05) is 0 Å². The summed E-state index contributed by atoms with van der Waals surface area (Å²) in [5, 5.41) is 12.6. The molecule has 0 fully saturated rings. The van der Waals surface area contributed by atoms with Crippen molar-refractivity contribution in [3.63, 3.8) is 0 Å². The van der Waals surface area contributed by atoms with Crippen LogP contribution in [0.3, 0.4) is 0 Å². The molecular weight excluding hydrogens is 298 g/mol. The first-order chi connectivity index (χ1) is 11.8. The second-order valence-electron chi connectivity index (χ2n) is 6.53. The van der Waals surface area contributed by atoms with Crippen molar-refractivity contribution in [2.24, 2.45) is 7.05 Å². The Kier molecular flexibility index (Phi) is 4.17. The van der Waals surface area contributed by atoms with Gasteiger partial charge in [0.1, 0.15) is 0 Å². The Hall–Kier alpha value is -2.40. The van der Waals surface area contributed by atoms with Gasteiger partial charge in [-0.3, -0.25) is 9.36 Å². The molecule has 0 aliphatic heterocycles. The van der Waals surface area contributed by atoms with Gasteiger partial charge in [0.05, 0.1) is 18.9 Å². The Balaban J connectivity index is 1.39. The van der Waals surface area contributed by atoms with Crippen molar-refractivity contribution in [1.29, 1.82) is 0 Å². The molecule has 5 nitrogen and oxygen atoms in total. The second kappa shape index (κ2) is 6.61. The van der Waals surface area contributed by atoms with E-state index in [1.807, 2.05) is 34.9 Å². The number of nitrogens with one attached hydrogen (secondary N) is 1. The summed E-state index contributed by atoms with van der Waals surface area (Å²) in [6, 6.07) is 10.8. The molecule has 1 aromatic carbocycles. The number of hydrogen-bond donors (Lipinski definition) is 1. The van der Waals surface area contributed by atoms with E-state index in [0.717, 1.165) is 19.5 Å². The molecule has 124 valence electrons. The van der Waals surface area contributed by atoms with Gasteiger partial charge in [0.15, 0.2) is 0 Å². The number of benzene rings is 1. The number of nitrogens with zero attached hydrogens (tertiary/aromatic N) is 4. The van der Waals surface area contributed by atoms with Crippen LogP contribution in [-0.2, 0) is 26.6 Å². The van der Waals surface area contributed by atoms with E-state index in [-0.39, 0.29) is 0 Å². The Bertz CT molecular complexity index is 802. The highest BCUT2D eigenvalue weighted by Crippen LogP contribution is 2.29. The average Bonchev–Trinajstić information content (AvgIpc) is 3.21. The molecule has 2 aromatic heterocycles. The highest BCUT2D eigenvalue weighted by molar-refractivity contribution is 5.25. The van der Waals surface area contributed by atoms with E-state index < -0.39 is 0 Å². The first-order valence-electron chi connectivity index (χ1n) is 8.59. The van der Waals surface area contributed by atoms with Crippen LogP contribution in [0.2, 0.25) is 0 Å². The zero-order valence-electron chi connectivity index (χ0n) is 14.0. The number of fused-ring (bicyclic) bond motifs is 1. The van der Waals surface area contributed by atoms with Gasteiger partial charge in [-0.1, -0.05) is 30.3 Å². The third-order valence-electron chi connectivity index (χ3n) is 4.80. The van der Waals surface area contributed by atoms with E-state index in [4.69, 9.17) is 0 Å². The van der Waals surface area contributed by atoms with E-state index in [1.54, 1.807) is 0 Å². The summed E-state index contributed by atoms with van der Waals surface area (Å²) in [5.41, 5.74) is 5.23. The SMILES string of the molecule is Cn1ncc2c1CCC[C@@H]2NCc1cnn(Cc2ccccc2)c1. The van der Waals surface area contributed by atoms with Crippen LogP contribution in [-0.4, -0.2) is 19.6 Å². The zero-order chi connectivity index (χ0) is 16.4. The summed E-state index contributed by atoms with van der Waals surface area (Å²) in [6.07, 6.45) is 9.65. The third-order valence-corrected chi connectivity index (χ3v) is 4.80. The molecule has 1 aliphatic rings. The Morgan fingerprint density at radius 3 is 2.88 bits per heavy atom. The van der Waals surface area contributed by atoms with Crippen molar-refractivity contribution >= 4 is 0 Å². The fourth-order valence-corrected chi connectivity index (χ4v) is 3.51. The number of aromatic nitrogens is 4. The maximum atomic E-state index is 4.48. The summed E-state index contributed by atoms with van der Waals surface area (Å²) in [7, 11) is 2.04. The maximum Gasteiger partial charge on any atom is 0.0659 e. The van der Waals surface area contributed by atoms with Crippen LogP contribution in [0, 0.1) is 0 Å². The van der Waals surface area contributed by atoms with Crippen molar-refractivity contribution in [3.05, 3.63) is 71.3 Å². The Morgan fingerprint density at radius 1 is 1.12 bits per heavy atom. The van der Waals surface area contributed by atoms with Gasteiger partial charge in [-0.15, -0.1) is 0 Å². The molecule has 0 spiro atoms. The fraction of sp³-hybridized carbons (Fsp3) is 0.368. The Labute approximate surface area is 142 Å². The third kappa shape index (κ3) is 3.12. The first-order valence-corrected chi connectivity index (χ1v) is 8.59. The summed E-state index contributed by atoms with van der Waals surface area (Å²) >= 11 is 0. The van der Waals surface area contributed by atoms with Crippen LogP contribution < -0.4 is 5.32 Å². The van der Waals surface area contributed by atoms with Gasteiger partial charge >= 0.3 is 0 Å². The van der Waals surface area contributed by atoms with Gasteiger partial charge in [0.2, 0.25) is 0 Å². The average molecular weight is 321 g/mol. The summed E-state index contributed by atoms with van der Waals surface area (Å²) in [5.74, 6) is 0. The van der Waals surface area contributed by atoms with E-state index in [0.29, 0.717) is 6.04 Å². The topological polar surface area (TPSA) is 47.7 Å². The molecule has 5 heteroatoms. The lowest BCUT2D eigenvalue weighted by molar-refractivity contribution is 0.452. The molecule has 0 unspecified atom stereocenters. The van der Waals surface area contributed by atoms with Crippen molar-refractivity contribution in [3.8, 4) is 0 Å². The minimum absolute atomic E-state index is 0.403. The lowest BCUT2D eigenvalue weighted by Crippen LogP contribution is -2.24. The minimum atomic E-state index is 0.403. The molecule has 0 amide bonds. The van der Waals surface area contributed by atoms with Gasteiger partial charge in [0.25, 0.3) is 0 Å². The van der Waals surface area contributed by atoms with Gasteiger partial charge in [-0.25, -0.2) is 0 Å². The number of rotatable bonds is 5. The highest BCUT2D eigenvalue weighted by Gasteiger charge is 2.22. The molecule has 0 radical (unpaired) electrons. The van der Waals surface area contributed by atoms with Gasteiger partial charge in [0, 0.05) is 42.7 Å². The second-order valence-corrected chi connectivity index (χ2v) is 6.53. The summed E-state index contributed by atoms with van der Waals surface area (Å²) < 4.78 is 4.02. The van der Waals surface area contributed by atoms with Crippen molar-refractivity contribution < 1.29 is 0 Å². The summed E-state index contributed by atoms with van der Waals surface area (Å²) in [4.78, 5) is 0. The molecule has 1 aliphatic carbocycles. The van der Waals surface area contributed by atoms with Crippen LogP contribution in [0.25, 0.3) is 0 Å². The molecule has 0 saturated heterocycles. The predicted molar refractivity (Wildman–Crippen MR) is 93.5 cm³/mol. The largest absolute Gasteiger partial charge is 0.306 e. The Morgan fingerprint density at radius 2 is 2.00 bits per heavy atom. The van der Waals surface area contributed by atoms with Gasteiger partial charge in [-0.2, -0.15) is 10.2 Å². The van der Waals surface area contributed by atoms with E-state index in [9.17, 15) is 0 Å². The minimum Gasteiger partial charge on any atom is -0.306 e. The maximum absolute atomic E-state index is 4.48. The van der Waals surface area contributed by atoms with Crippen molar-refractivity contribution in [2.45, 2.75) is 38.4 Å². The van der Waals surface area contributed by atoms with Gasteiger partial charge < -0.3 is 5.32 Å². The number of aryl methyl sites for hydroxylation is 1. The van der Waals surface area contributed by atoms with Crippen molar-refractivity contribution in [1.82, 2.24) is 24.9 Å². The smallest absolute Gasteiger partial charge is 0.0659 e. The predicted octanol–water partition coefficient (Wildman–Crippen LogP) is 2.83. The molecule has 1 atom stereocenters. The lowest BCUT2D eigenvalue weighted by Gasteiger charge is -2.23.